The predicted molar refractivity (Wildman–Crippen MR) is 127 cm³/mol. The fourth-order valence-corrected chi connectivity index (χ4v) is 8.28. The van der Waals surface area contributed by atoms with Crippen LogP contribution in [0.4, 0.5) is 0 Å². The maximum Gasteiger partial charge on any atom is 0.243 e. The molecule has 4 aliphatic carbocycles. The summed E-state index contributed by atoms with van der Waals surface area (Å²) in [6.45, 7) is 7.08. The van der Waals surface area contributed by atoms with E-state index >= 15 is 0 Å². The third kappa shape index (κ3) is 4.66. The minimum Gasteiger partial charge on any atom is -0.353 e. The van der Waals surface area contributed by atoms with Gasteiger partial charge in [0, 0.05) is 12.1 Å². The van der Waals surface area contributed by atoms with Crippen LogP contribution in [0.5, 0.6) is 0 Å². The molecule has 5 rings (SSSR count). The van der Waals surface area contributed by atoms with Gasteiger partial charge in [-0.05, 0) is 89.7 Å². The van der Waals surface area contributed by atoms with E-state index in [2.05, 4.69) is 15.4 Å². The molecule has 2 atom stereocenters. The van der Waals surface area contributed by atoms with Crippen molar-refractivity contribution in [3.63, 3.8) is 0 Å². The van der Waals surface area contributed by atoms with E-state index in [1.807, 2.05) is 13.8 Å². The van der Waals surface area contributed by atoms with Gasteiger partial charge in [-0.15, -0.1) is 0 Å². The van der Waals surface area contributed by atoms with E-state index < -0.39 is 15.6 Å². The van der Waals surface area contributed by atoms with Crippen LogP contribution < -0.4 is 15.4 Å². The van der Waals surface area contributed by atoms with Crippen LogP contribution in [0.25, 0.3) is 0 Å². The largest absolute Gasteiger partial charge is 0.353 e. The standard InChI is InChI=1S/C24H34ClN3O4S/c1-14(2)26-22(30)24-11-15-9-16(12-24)20(17(10-15)13-24)27-21(29)23(3,4)28-33(31,32)19-8-6-5-7-18(19)25/h5-8,14-17,20,28H,9-13H2,1-4H3,(H,26,30)(H,27,29). The lowest BCUT2D eigenvalue weighted by Gasteiger charge is -2.59. The van der Waals surface area contributed by atoms with Gasteiger partial charge in [0.1, 0.15) is 10.4 Å². The van der Waals surface area contributed by atoms with Gasteiger partial charge in [0.05, 0.1) is 10.4 Å². The molecule has 1 aromatic carbocycles. The lowest BCUT2D eigenvalue weighted by atomic mass is 9.47. The van der Waals surface area contributed by atoms with Crippen LogP contribution in [-0.2, 0) is 19.6 Å². The van der Waals surface area contributed by atoms with Gasteiger partial charge in [-0.3, -0.25) is 9.59 Å². The van der Waals surface area contributed by atoms with Gasteiger partial charge in [-0.1, -0.05) is 23.7 Å². The van der Waals surface area contributed by atoms with Gasteiger partial charge in [0.2, 0.25) is 21.8 Å². The fraction of sp³-hybridized carbons (Fsp3) is 0.667. The zero-order chi connectivity index (χ0) is 24.2. The van der Waals surface area contributed by atoms with Crippen molar-refractivity contribution in [3.05, 3.63) is 29.3 Å². The Kier molecular flexibility index (Phi) is 6.34. The number of carbonyl (C=O) groups excluding carboxylic acids is 2. The van der Waals surface area contributed by atoms with Crippen LogP contribution >= 0.6 is 11.6 Å². The molecule has 0 heterocycles. The summed E-state index contributed by atoms with van der Waals surface area (Å²) in [5.74, 6) is 0.759. The van der Waals surface area contributed by atoms with Crippen LogP contribution in [-0.4, -0.2) is 37.9 Å². The van der Waals surface area contributed by atoms with E-state index in [9.17, 15) is 18.0 Å². The molecule has 1 aromatic rings. The summed E-state index contributed by atoms with van der Waals surface area (Å²) < 4.78 is 28.3. The smallest absolute Gasteiger partial charge is 0.243 e. The molecule has 2 unspecified atom stereocenters. The number of benzene rings is 1. The van der Waals surface area contributed by atoms with E-state index in [0.29, 0.717) is 5.92 Å². The van der Waals surface area contributed by atoms with Crippen molar-refractivity contribution in [2.24, 2.45) is 23.2 Å². The molecule has 4 bridgehead atoms. The van der Waals surface area contributed by atoms with Gasteiger partial charge in [-0.25, -0.2) is 8.42 Å². The molecule has 3 N–H and O–H groups in total. The minimum atomic E-state index is -3.98. The van der Waals surface area contributed by atoms with Crippen molar-refractivity contribution < 1.29 is 18.0 Å². The first kappa shape index (κ1) is 24.5. The number of halogens is 1. The van der Waals surface area contributed by atoms with Crippen LogP contribution in [0.1, 0.15) is 59.8 Å². The second kappa shape index (κ2) is 8.54. The second-order valence-electron chi connectivity index (χ2n) is 11.0. The van der Waals surface area contributed by atoms with Crippen LogP contribution in [0.2, 0.25) is 5.02 Å². The molecule has 0 aliphatic heterocycles. The van der Waals surface area contributed by atoms with Crippen molar-refractivity contribution in [1.29, 1.82) is 0 Å². The summed E-state index contributed by atoms with van der Waals surface area (Å²) in [7, 11) is -3.98. The van der Waals surface area contributed by atoms with E-state index in [1.165, 1.54) is 12.1 Å². The molecule has 4 saturated carbocycles. The Hall–Kier alpha value is -1.64. The van der Waals surface area contributed by atoms with Crippen LogP contribution in [0.15, 0.2) is 29.2 Å². The first-order chi connectivity index (χ1) is 15.3. The van der Waals surface area contributed by atoms with Crippen molar-refractivity contribution >= 4 is 33.4 Å². The summed E-state index contributed by atoms with van der Waals surface area (Å²) in [6.07, 6.45) is 4.49. The van der Waals surface area contributed by atoms with E-state index in [-0.39, 0.29) is 51.1 Å². The van der Waals surface area contributed by atoms with Crippen molar-refractivity contribution in [2.75, 3.05) is 0 Å². The van der Waals surface area contributed by atoms with Gasteiger partial charge in [-0.2, -0.15) is 4.72 Å². The Bertz CT molecular complexity index is 1040. The molecular weight excluding hydrogens is 462 g/mol. The molecule has 0 radical (unpaired) electrons. The summed E-state index contributed by atoms with van der Waals surface area (Å²) >= 11 is 6.07. The molecule has 0 aromatic heterocycles. The van der Waals surface area contributed by atoms with E-state index in [1.54, 1.807) is 26.0 Å². The average molecular weight is 496 g/mol. The van der Waals surface area contributed by atoms with Crippen molar-refractivity contribution in [1.82, 2.24) is 15.4 Å². The maximum atomic E-state index is 13.3. The second-order valence-corrected chi connectivity index (χ2v) is 13.1. The monoisotopic (exact) mass is 495 g/mol. The summed E-state index contributed by atoms with van der Waals surface area (Å²) in [5, 5.41) is 6.37. The maximum absolute atomic E-state index is 13.3. The highest BCUT2D eigenvalue weighted by Crippen LogP contribution is 2.60. The highest BCUT2D eigenvalue weighted by Gasteiger charge is 2.59. The summed E-state index contributed by atoms with van der Waals surface area (Å²) in [6, 6.07) is 6.22. The number of hydrogen-bond donors (Lipinski definition) is 3. The molecular formula is C24H34ClN3O4S. The quantitative estimate of drug-likeness (QED) is 0.540. The first-order valence-electron chi connectivity index (χ1n) is 11.7. The molecule has 4 fully saturated rings. The van der Waals surface area contributed by atoms with Gasteiger partial charge in [0.15, 0.2) is 0 Å². The zero-order valence-electron chi connectivity index (χ0n) is 19.7. The van der Waals surface area contributed by atoms with Crippen LogP contribution in [0.3, 0.4) is 0 Å². The lowest BCUT2D eigenvalue weighted by Crippen LogP contribution is -2.65. The molecule has 0 spiro atoms. The zero-order valence-corrected chi connectivity index (χ0v) is 21.2. The third-order valence-corrected chi connectivity index (χ3v) is 9.71. The highest BCUT2D eigenvalue weighted by molar-refractivity contribution is 7.89. The number of rotatable bonds is 7. The summed E-state index contributed by atoms with van der Waals surface area (Å²) in [4.78, 5) is 26.2. The Morgan fingerprint density at radius 2 is 1.70 bits per heavy atom. The fourth-order valence-electron chi connectivity index (χ4n) is 6.39. The highest BCUT2D eigenvalue weighted by atomic mass is 35.5. The van der Waals surface area contributed by atoms with Gasteiger partial charge in [0.25, 0.3) is 0 Å². The van der Waals surface area contributed by atoms with Crippen molar-refractivity contribution in [3.8, 4) is 0 Å². The van der Waals surface area contributed by atoms with Gasteiger partial charge < -0.3 is 10.6 Å². The molecule has 2 amide bonds. The Morgan fingerprint density at radius 3 is 2.27 bits per heavy atom. The number of nitrogens with one attached hydrogen (secondary N) is 3. The number of hydrogen-bond acceptors (Lipinski definition) is 4. The lowest BCUT2D eigenvalue weighted by molar-refractivity contribution is -0.151. The van der Waals surface area contributed by atoms with E-state index in [0.717, 1.165) is 32.1 Å². The minimum absolute atomic E-state index is 0.0434. The van der Waals surface area contributed by atoms with Gasteiger partial charge >= 0.3 is 0 Å². The summed E-state index contributed by atoms with van der Waals surface area (Å²) in [5.41, 5.74) is -1.69. The molecule has 0 saturated heterocycles. The normalized spacial score (nSPS) is 31.0. The Morgan fingerprint density at radius 1 is 1.09 bits per heavy atom. The van der Waals surface area contributed by atoms with E-state index in [4.69, 9.17) is 11.6 Å². The molecule has 9 heteroatoms. The number of carbonyl (C=O) groups is 2. The first-order valence-corrected chi connectivity index (χ1v) is 13.6. The number of amides is 2. The topological polar surface area (TPSA) is 104 Å². The molecule has 7 nitrogen and oxygen atoms in total. The Labute approximate surface area is 201 Å². The number of sulfonamides is 1. The Balaban J connectivity index is 1.47. The predicted octanol–water partition coefficient (Wildman–Crippen LogP) is 3.23. The van der Waals surface area contributed by atoms with Crippen LogP contribution in [0, 0.1) is 23.2 Å². The average Bonchev–Trinajstić information content (AvgIpc) is 2.69. The molecule has 182 valence electrons. The molecule has 4 aliphatic rings. The van der Waals surface area contributed by atoms with Crippen molar-refractivity contribution in [2.45, 2.75) is 82.3 Å². The third-order valence-electron chi connectivity index (χ3n) is 7.56. The molecule has 33 heavy (non-hydrogen) atoms. The SMILES string of the molecule is CC(C)NC(=O)C12CC3CC(C1)C(NC(=O)C(C)(C)NS(=O)(=O)c1ccccc1Cl)C(C3)C2.